The highest BCUT2D eigenvalue weighted by Crippen LogP contribution is 2.50. The van der Waals surface area contributed by atoms with E-state index in [1.165, 1.54) is 0 Å². The van der Waals surface area contributed by atoms with E-state index in [1.54, 1.807) is 7.11 Å². The molecule has 0 saturated heterocycles. The van der Waals surface area contributed by atoms with Crippen molar-refractivity contribution in [3.8, 4) is 5.75 Å². The number of ether oxygens (including phenoxy) is 1. The van der Waals surface area contributed by atoms with Crippen molar-refractivity contribution >= 4 is 5.69 Å². The second-order valence-corrected chi connectivity index (χ2v) is 5.71. The molecule has 5 nitrogen and oxygen atoms in total. The summed E-state index contributed by atoms with van der Waals surface area (Å²) in [4.78, 5) is 11.4. The third kappa shape index (κ3) is 3.22. The number of para-hydroxylation sites is 1. The molecule has 2 N–H and O–H groups in total. The van der Waals surface area contributed by atoms with Crippen molar-refractivity contribution in [2.24, 2.45) is 5.92 Å². The maximum atomic E-state index is 13.0. The monoisotopic (exact) mass is 339 g/mol. The SMILES string of the molecule is COc1ccccc1[C@@H]1C[C@H]1CNc1cn[nH]c(=O)c1C(F)(F)F. The quantitative estimate of drug-likeness (QED) is 0.879. The van der Waals surface area contributed by atoms with Crippen LogP contribution < -0.4 is 15.6 Å². The van der Waals surface area contributed by atoms with Crippen LogP contribution in [0.2, 0.25) is 0 Å². The van der Waals surface area contributed by atoms with Crippen molar-refractivity contribution in [3.05, 3.63) is 51.9 Å². The van der Waals surface area contributed by atoms with Gasteiger partial charge < -0.3 is 10.1 Å². The Morgan fingerprint density at radius 2 is 2.12 bits per heavy atom. The Morgan fingerprint density at radius 1 is 1.38 bits per heavy atom. The highest BCUT2D eigenvalue weighted by atomic mass is 19.4. The Hall–Kier alpha value is -2.51. The molecular weight excluding hydrogens is 323 g/mol. The zero-order valence-corrected chi connectivity index (χ0v) is 12.9. The number of alkyl halides is 3. The molecule has 1 aromatic heterocycles. The predicted octanol–water partition coefficient (Wildman–Crippen LogP) is 3.01. The van der Waals surface area contributed by atoms with Crippen LogP contribution >= 0.6 is 0 Å². The number of anilines is 1. The number of hydrogen-bond donors (Lipinski definition) is 2. The minimum atomic E-state index is -4.73. The summed E-state index contributed by atoms with van der Waals surface area (Å²) in [5, 5.41) is 7.98. The molecule has 1 aromatic carbocycles. The maximum absolute atomic E-state index is 13.0. The van der Waals surface area contributed by atoms with Crippen LogP contribution in [0.3, 0.4) is 0 Å². The number of hydrogen-bond acceptors (Lipinski definition) is 4. The Bertz CT molecular complexity index is 789. The van der Waals surface area contributed by atoms with E-state index in [0.717, 1.165) is 23.9 Å². The number of H-pyrrole nitrogens is 1. The van der Waals surface area contributed by atoms with E-state index in [0.29, 0.717) is 6.54 Å². The predicted molar refractivity (Wildman–Crippen MR) is 82.2 cm³/mol. The first-order valence-corrected chi connectivity index (χ1v) is 7.43. The molecule has 0 unspecified atom stereocenters. The first-order chi connectivity index (χ1) is 11.4. The van der Waals surface area contributed by atoms with E-state index >= 15 is 0 Å². The summed E-state index contributed by atoms with van der Waals surface area (Å²) in [6.45, 7) is 0.330. The van der Waals surface area contributed by atoms with Crippen molar-refractivity contribution < 1.29 is 17.9 Å². The average Bonchev–Trinajstić information content (AvgIpc) is 3.31. The lowest BCUT2D eigenvalue weighted by Gasteiger charge is -2.13. The summed E-state index contributed by atoms with van der Waals surface area (Å²) < 4.78 is 44.3. The lowest BCUT2D eigenvalue weighted by Crippen LogP contribution is -2.25. The largest absolute Gasteiger partial charge is 0.496 e. The highest BCUT2D eigenvalue weighted by Gasteiger charge is 2.41. The number of benzene rings is 1. The molecule has 1 saturated carbocycles. The summed E-state index contributed by atoms with van der Waals surface area (Å²) in [7, 11) is 1.59. The Kier molecular flexibility index (Phi) is 4.21. The van der Waals surface area contributed by atoms with Crippen molar-refractivity contribution in [2.75, 3.05) is 19.0 Å². The zero-order valence-electron chi connectivity index (χ0n) is 12.9. The van der Waals surface area contributed by atoms with Crippen molar-refractivity contribution in [1.82, 2.24) is 10.2 Å². The average molecular weight is 339 g/mol. The fraction of sp³-hybridized carbons (Fsp3) is 0.375. The number of nitrogens with one attached hydrogen (secondary N) is 2. The molecule has 1 fully saturated rings. The van der Waals surface area contributed by atoms with Gasteiger partial charge in [0.05, 0.1) is 19.0 Å². The summed E-state index contributed by atoms with van der Waals surface area (Å²) in [5.41, 5.74) is -1.74. The van der Waals surface area contributed by atoms with E-state index in [4.69, 9.17) is 4.74 Å². The van der Waals surface area contributed by atoms with Gasteiger partial charge in [-0.05, 0) is 29.9 Å². The van der Waals surface area contributed by atoms with Crippen LogP contribution in [0, 0.1) is 5.92 Å². The van der Waals surface area contributed by atoms with E-state index in [2.05, 4.69) is 10.4 Å². The van der Waals surface area contributed by atoms with E-state index in [1.807, 2.05) is 29.4 Å². The van der Waals surface area contributed by atoms with Gasteiger partial charge in [-0.3, -0.25) is 4.79 Å². The topological polar surface area (TPSA) is 67.0 Å². The Balaban J connectivity index is 1.71. The van der Waals surface area contributed by atoms with E-state index in [-0.39, 0.29) is 17.5 Å². The van der Waals surface area contributed by atoms with E-state index in [9.17, 15) is 18.0 Å². The number of aromatic nitrogens is 2. The molecule has 3 rings (SSSR count). The summed E-state index contributed by atoms with van der Waals surface area (Å²) >= 11 is 0. The van der Waals surface area contributed by atoms with Gasteiger partial charge in [0.1, 0.15) is 11.3 Å². The third-order valence-electron chi connectivity index (χ3n) is 4.16. The second-order valence-electron chi connectivity index (χ2n) is 5.71. The molecule has 0 aliphatic heterocycles. The van der Waals surface area contributed by atoms with Crippen molar-refractivity contribution in [3.63, 3.8) is 0 Å². The van der Waals surface area contributed by atoms with Crippen LogP contribution in [-0.4, -0.2) is 23.9 Å². The fourth-order valence-corrected chi connectivity index (χ4v) is 2.88. The lowest BCUT2D eigenvalue weighted by molar-refractivity contribution is -0.138. The Morgan fingerprint density at radius 3 is 2.83 bits per heavy atom. The Labute approximate surface area is 135 Å². The summed E-state index contributed by atoms with van der Waals surface area (Å²) in [6.07, 6.45) is -2.89. The van der Waals surface area contributed by atoms with Gasteiger partial charge in [-0.2, -0.15) is 18.3 Å². The molecule has 1 aliphatic rings. The van der Waals surface area contributed by atoms with Crippen LogP contribution in [0.15, 0.2) is 35.3 Å². The zero-order chi connectivity index (χ0) is 17.3. The van der Waals surface area contributed by atoms with Crippen LogP contribution in [-0.2, 0) is 6.18 Å². The maximum Gasteiger partial charge on any atom is 0.423 e. The minimum Gasteiger partial charge on any atom is -0.496 e. The smallest absolute Gasteiger partial charge is 0.423 e. The molecule has 2 aromatic rings. The van der Waals surface area contributed by atoms with Gasteiger partial charge in [0, 0.05) is 6.54 Å². The standard InChI is InChI=1S/C16H16F3N3O2/c1-24-13-5-3-2-4-10(13)11-6-9(11)7-20-12-8-21-22-15(23)14(12)16(17,18)19/h2-5,8-9,11H,6-7H2,1H3,(H2,20,22,23)/t9-,11+/m0/s1. The molecule has 0 bridgehead atoms. The normalized spacial score (nSPS) is 19.8. The van der Waals surface area contributed by atoms with Crippen LogP contribution in [0.25, 0.3) is 0 Å². The number of nitrogens with zero attached hydrogens (tertiary/aromatic N) is 1. The number of aromatic amines is 1. The molecule has 24 heavy (non-hydrogen) atoms. The van der Waals surface area contributed by atoms with Gasteiger partial charge in [0.25, 0.3) is 5.56 Å². The van der Waals surface area contributed by atoms with Gasteiger partial charge in [-0.15, -0.1) is 0 Å². The van der Waals surface area contributed by atoms with Gasteiger partial charge in [0.15, 0.2) is 0 Å². The second kappa shape index (κ2) is 6.18. The van der Waals surface area contributed by atoms with Crippen LogP contribution in [0.4, 0.5) is 18.9 Å². The molecule has 0 amide bonds. The van der Waals surface area contributed by atoms with Crippen molar-refractivity contribution in [2.45, 2.75) is 18.5 Å². The lowest BCUT2D eigenvalue weighted by atomic mass is 10.1. The highest BCUT2D eigenvalue weighted by molar-refractivity contribution is 5.50. The van der Waals surface area contributed by atoms with Gasteiger partial charge in [-0.1, -0.05) is 18.2 Å². The number of halogens is 3. The number of rotatable bonds is 5. The van der Waals surface area contributed by atoms with Crippen LogP contribution in [0.1, 0.15) is 23.5 Å². The summed E-state index contributed by atoms with van der Waals surface area (Å²) in [6, 6.07) is 7.60. The fourth-order valence-electron chi connectivity index (χ4n) is 2.88. The molecule has 1 heterocycles. The molecule has 2 atom stereocenters. The van der Waals surface area contributed by atoms with Gasteiger partial charge >= 0.3 is 6.18 Å². The minimum absolute atomic E-state index is 0.182. The molecule has 0 spiro atoms. The molecular formula is C16H16F3N3O2. The molecule has 1 aliphatic carbocycles. The molecule has 128 valence electrons. The van der Waals surface area contributed by atoms with E-state index < -0.39 is 17.3 Å². The first-order valence-electron chi connectivity index (χ1n) is 7.43. The van der Waals surface area contributed by atoms with Crippen molar-refractivity contribution in [1.29, 1.82) is 0 Å². The molecule has 8 heteroatoms. The van der Waals surface area contributed by atoms with Gasteiger partial charge in [0.2, 0.25) is 0 Å². The molecule has 0 radical (unpaired) electrons. The first kappa shape index (κ1) is 16.4. The van der Waals surface area contributed by atoms with Gasteiger partial charge in [-0.25, -0.2) is 5.10 Å². The number of methoxy groups -OCH3 is 1. The summed E-state index contributed by atoms with van der Waals surface area (Å²) in [5.74, 6) is 1.19. The third-order valence-corrected chi connectivity index (χ3v) is 4.16. The van der Waals surface area contributed by atoms with Crippen LogP contribution in [0.5, 0.6) is 5.75 Å².